The number of anilines is 1. The molecular weight excluding hydrogens is 212 g/mol. The van der Waals surface area contributed by atoms with Crippen molar-refractivity contribution in [1.82, 2.24) is 4.98 Å². The fraction of sp³-hybridized carbons (Fsp3) is 0.357. The lowest BCUT2D eigenvalue weighted by Crippen LogP contribution is -2.09. The van der Waals surface area contributed by atoms with Crippen molar-refractivity contribution in [2.45, 2.75) is 32.3 Å². The summed E-state index contributed by atoms with van der Waals surface area (Å²) in [4.78, 5) is 4.69. The van der Waals surface area contributed by atoms with Crippen molar-refractivity contribution in [3.8, 4) is 0 Å². The summed E-state index contributed by atoms with van der Waals surface area (Å²) < 4.78 is 0. The maximum Gasteiger partial charge on any atom is 0.0726 e. The highest BCUT2D eigenvalue weighted by Gasteiger charge is 2.16. The number of nitrogens with zero attached hydrogens (tertiary/aromatic N) is 1. The molecule has 2 aromatic rings. The fourth-order valence-corrected chi connectivity index (χ4v) is 2.61. The van der Waals surface area contributed by atoms with E-state index in [2.05, 4.69) is 0 Å². The van der Waals surface area contributed by atoms with E-state index in [0.29, 0.717) is 0 Å². The summed E-state index contributed by atoms with van der Waals surface area (Å²) in [5, 5.41) is 10.1. The number of nitrogens with two attached hydrogens (primary N) is 1. The Kier molecular flexibility index (Phi) is 2.48. The Morgan fingerprint density at radius 3 is 2.88 bits per heavy atom. The first-order chi connectivity index (χ1) is 8.29. The van der Waals surface area contributed by atoms with Crippen LogP contribution in [0.25, 0.3) is 10.9 Å². The molecule has 0 radical (unpaired) electrons. The largest absolute Gasteiger partial charge is 0.398 e. The van der Waals surface area contributed by atoms with Crippen molar-refractivity contribution in [2.75, 3.05) is 5.73 Å². The number of aliphatic hydroxyl groups excluding tert-OH is 1. The Morgan fingerprint density at radius 2 is 2.06 bits per heavy atom. The summed E-state index contributed by atoms with van der Waals surface area (Å²) in [6.07, 6.45) is 4.48. The van der Waals surface area contributed by atoms with Gasteiger partial charge in [0.05, 0.1) is 12.1 Å². The molecule has 0 amide bonds. The van der Waals surface area contributed by atoms with Gasteiger partial charge in [-0.1, -0.05) is 6.07 Å². The van der Waals surface area contributed by atoms with E-state index >= 15 is 0 Å². The molecule has 3 nitrogen and oxygen atoms in total. The van der Waals surface area contributed by atoms with Crippen LogP contribution in [-0.4, -0.2) is 10.1 Å². The number of aliphatic hydroxyl groups is 1. The van der Waals surface area contributed by atoms with Crippen molar-refractivity contribution < 1.29 is 5.11 Å². The van der Waals surface area contributed by atoms with Crippen molar-refractivity contribution in [2.24, 2.45) is 0 Å². The number of aromatic nitrogens is 1. The van der Waals surface area contributed by atoms with Gasteiger partial charge >= 0.3 is 0 Å². The summed E-state index contributed by atoms with van der Waals surface area (Å²) in [6.45, 7) is 0.0481. The zero-order valence-electron chi connectivity index (χ0n) is 9.74. The monoisotopic (exact) mass is 228 g/mol. The van der Waals surface area contributed by atoms with E-state index in [9.17, 15) is 0 Å². The molecule has 0 saturated carbocycles. The number of hydrogen-bond donors (Lipinski definition) is 2. The smallest absolute Gasteiger partial charge is 0.0726 e. The van der Waals surface area contributed by atoms with Gasteiger partial charge in [-0.25, -0.2) is 0 Å². The number of benzene rings is 1. The van der Waals surface area contributed by atoms with Crippen molar-refractivity contribution >= 4 is 16.6 Å². The molecule has 1 aromatic carbocycles. The van der Waals surface area contributed by atoms with E-state index in [4.69, 9.17) is 15.8 Å². The first-order valence-electron chi connectivity index (χ1n) is 6.10. The summed E-state index contributed by atoms with van der Waals surface area (Å²) in [5.74, 6) is 0. The number of rotatable bonds is 1. The molecule has 1 heterocycles. The molecule has 0 bridgehead atoms. The topological polar surface area (TPSA) is 59.1 Å². The van der Waals surface area contributed by atoms with Crippen LogP contribution in [0.15, 0.2) is 18.2 Å². The number of hydrogen-bond acceptors (Lipinski definition) is 3. The summed E-state index contributed by atoms with van der Waals surface area (Å²) in [7, 11) is 0. The number of fused-ring (bicyclic) bond motifs is 2. The second-order valence-electron chi connectivity index (χ2n) is 4.67. The standard InChI is InChI=1S/C14H16N2O/c15-14-10-3-1-2-4-12(10)16-13-6-5-9(8-17)7-11(13)14/h5-7,17H,1-4,8H2,(H2,15,16). The van der Waals surface area contributed by atoms with Crippen LogP contribution in [0.1, 0.15) is 29.7 Å². The molecule has 3 rings (SSSR count). The second kappa shape index (κ2) is 4.00. The van der Waals surface area contributed by atoms with Gasteiger partial charge in [0.15, 0.2) is 0 Å². The zero-order chi connectivity index (χ0) is 11.8. The number of pyridine rings is 1. The molecule has 17 heavy (non-hydrogen) atoms. The maximum atomic E-state index is 9.17. The first kappa shape index (κ1) is 10.5. The molecule has 0 fully saturated rings. The van der Waals surface area contributed by atoms with E-state index in [1.165, 1.54) is 18.4 Å². The van der Waals surface area contributed by atoms with Crippen molar-refractivity contribution in [3.63, 3.8) is 0 Å². The molecule has 0 spiro atoms. The number of aryl methyl sites for hydroxylation is 1. The van der Waals surface area contributed by atoms with Gasteiger partial charge in [-0.15, -0.1) is 0 Å². The quantitative estimate of drug-likeness (QED) is 0.786. The van der Waals surface area contributed by atoms with Crippen LogP contribution in [0.4, 0.5) is 5.69 Å². The Bertz CT molecular complexity index is 578. The summed E-state index contributed by atoms with van der Waals surface area (Å²) in [6, 6.07) is 5.81. The van der Waals surface area contributed by atoms with Crippen LogP contribution in [-0.2, 0) is 19.4 Å². The fourth-order valence-electron chi connectivity index (χ4n) is 2.61. The number of nitrogen functional groups attached to an aromatic ring is 1. The Labute approximate surface area is 100 Å². The molecule has 0 saturated heterocycles. The average molecular weight is 228 g/mol. The Morgan fingerprint density at radius 1 is 1.24 bits per heavy atom. The van der Waals surface area contributed by atoms with Crippen LogP contribution in [0, 0.1) is 0 Å². The predicted molar refractivity (Wildman–Crippen MR) is 68.7 cm³/mol. The van der Waals surface area contributed by atoms with Gasteiger partial charge in [0, 0.05) is 16.8 Å². The molecule has 88 valence electrons. The lowest BCUT2D eigenvalue weighted by atomic mass is 9.92. The van der Waals surface area contributed by atoms with Gasteiger partial charge in [-0.2, -0.15) is 0 Å². The zero-order valence-corrected chi connectivity index (χ0v) is 9.74. The minimum absolute atomic E-state index is 0.0481. The lowest BCUT2D eigenvalue weighted by molar-refractivity contribution is 0.282. The van der Waals surface area contributed by atoms with E-state index in [-0.39, 0.29) is 6.61 Å². The van der Waals surface area contributed by atoms with E-state index in [0.717, 1.165) is 40.7 Å². The summed E-state index contributed by atoms with van der Waals surface area (Å²) in [5.41, 5.74) is 11.3. The van der Waals surface area contributed by atoms with Gasteiger partial charge in [0.1, 0.15) is 0 Å². The molecule has 1 aliphatic carbocycles. The lowest BCUT2D eigenvalue weighted by Gasteiger charge is -2.18. The second-order valence-corrected chi connectivity index (χ2v) is 4.67. The Balaban J connectivity index is 2.28. The van der Waals surface area contributed by atoms with E-state index < -0.39 is 0 Å². The van der Waals surface area contributed by atoms with Gasteiger partial charge in [-0.05, 0) is 48.9 Å². The van der Waals surface area contributed by atoms with Crippen LogP contribution in [0.2, 0.25) is 0 Å². The van der Waals surface area contributed by atoms with Crippen LogP contribution in [0.3, 0.4) is 0 Å². The van der Waals surface area contributed by atoms with Gasteiger partial charge in [-0.3, -0.25) is 4.98 Å². The highest BCUT2D eigenvalue weighted by Crippen LogP contribution is 2.31. The normalized spacial score (nSPS) is 14.9. The third-order valence-electron chi connectivity index (χ3n) is 3.55. The minimum atomic E-state index is 0.0481. The molecule has 1 aliphatic rings. The molecule has 0 aliphatic heterocycles. The molecule has 1 aromatic heterocycles. The van der Waals surface area contributed by atoms with E-state index in [1.807, 2.05) is 18.2 Å². The van der Waals surface area contributed by atoms with Crippen molar-refractivity contribution in [3.05, 3.63) is 35.0 Å². The van der Waals surface area contributed by atoms with Gasteiger partial charge in [0.2, 0.25) is 0 Å². The van der Waals surface area contributed by atoms with Crippen molar-refractivity contribution in [1.29, 1.82) is 0 Å². The first-order valence-corrected chi connectivity index (χ1v) is 6.10. The Hall–Kier alpha value is -1.61. The van der Waals surface area contributed by atoms with E-state index in [1.54, 1.807) is 0 Å². The SMILES string of the molecule is Nc1c2c(nc3ccc(CO)cc13)CCCC2. The molecule has 3 heteroatoms. The highest BCUT2D eigenvalue weighted by molar-refractivity contribution is 5.92. The van der Waals surface area contributed by atoms with Crippen LogP contribution in [0.5, 0.6) is 0 Å². The third kappa shape index (κ3) is 1.67. The average Bonchev–Trinajstić information content (AvgIpc) is 2.39. The predicted octanol–water partition coefficient (Wildman–Crippen LogP) is 2.19. The van der Waals surface area contributed by atoms with Crippen LogP contribution < -0.4 is 5.73 Å². The van der Waals surface area contributed by atoms with Crippen LogP contribution >= 0.6 is 0 Å². The van der Waals surface area contributed by atoms with Gasteiger partial charge in [0.25, 0.3) is 0 Å². The third-order valence-corrected chi connectivity index (χ3v) is 3.55. The molecule has 3 N–H and O–H groups in total. The highest BCUT2D eigenvalue weighted by atomic mass is 16.3. The maximum absolute atomic E-state index is 9.17. The minimum Gasteiger partial charge on any atom is -0.398 e. The molecule has 0 atom stereocenters. The summed E-state index contributed by atoms with van der Waals surface area (Å²) >= 11 is 0. The molecule has 0 unspecified atom stereocenters. The van der Waals surface area contributed by atoms with Gasteiger partial charge < -0.3 is 10.8 Å². The molecular formula is C14H16N2O.